The Morgan fingerprint density at radius 3 is 2.74 bits per heavy atom. The van der Waals surface area contributed by atoms with Crippen molar-refractivity contribution in [2.75, 3.05) is 19.0 Å². The van der Waals surface area contributed by atoms with Gasteiger partial charge in [-0.15, -0.1) is 0 Å². The topological polar surface area (TPSA) is 58.6 Å². The number of carbonyl (C=O) groups excluding carboxylic acids is 1. The molecule has 0 saturated heterocycles. The van der Waals surface area contributed by atoms with Crippen molar-refractivity contribution in [2.24, 2.45) is 0 Å². The normalized spacial score (nSPS) is 18.1. The number of halogens is 1. The Bertz CT molecular complexity index is 540. The Hall–Kier alpha value is -1.10. The summed E-state index contributed by atoms with van der Waals surface area (Å²) >= 11 is 6.28. The predicted octanol–water partition coefficient (Wildman–Crippen LogP) is 2.56. The van der Waals surface area contributed by atoms with Crippen molar-refractivity contribution >= 4 is 23.2 Å². The lowest BCUT2D eigenvalue weighted by atomic mass is 9.84. The molecule has 1 heterocycles. The van der Waals surface area contributed by atoms with Crippen LogP contribution in [0.15, 0.2) is 6.07 Å². The molecule has 4 nitrogen and oxygen atoms in total. The molecule has 1 atom stereocenters. The van der Waals surface area contributed by atoms with Crippen molar-refractivity contribution in [1.82, 2.24) is 0 Å². The summed E-state index contributed by atoms with van der Waals surface area (Å²) in [6.07, 6.45) is -0.798. The molecule has 1 amide bonds. The van der Waals surface area contributed by atoms with E-state index in [4.69, 9.17) is 16.3 Å². The highest BCUT2D eigenvalue weighted by molar-refractivity contribution is 6.33. The number of carbonyl (C=O) groups is 1. The van der Waals surface area contributed by atoms with Crippen LogP contribution in [0.25, 0.3) is 0 Å². The minimum atomic E-state index is -0.798. The number of anilines is 1. The first-order valence-corrected chi connectivity index (χ1v) is 6.50. The van der Waals surface area contributed by atoms with Crippen LogP contribution in [0.5, 0.6) is 0 Å². The molecule has 0 spiro atoms. The molecule has 1 unspecified atom stereocenters. The Labute approximate surface area is 117 Å². The number of hydrogen-bond acceptors (Lipinski definition) is 3. The lowest BCUT2D eigenvalue weighted by Crippen LogP contribution is -2.27. The molecule has 1 aromatic rings. The first kappa shape index (κ1) is 14.3. The summed E-state index contributed by atoms with van der Waals surface area (Å²) in [5, 5.41) is 13.4. The molecular weight excluding hydrogens is 266 g/mol. The number of nitrogens with one attached hydrogen (secondary N) is 1. The molecule has 2 rings (SSSR count). The van der Waals surface area contributed by atoms with Gasteiger partial charge in [0.15, 0.2) is 0 Å². The molecule has 0 saturated carbocycles. The Balaban J connectivity index is 2.60. The van der Waals surface area contributed by atoms with Gasteiger partial charge in [-0.25, -0.2) is 0 Å². The van der Waals surface area contributed by atoms with E-state index in [0.29, 0.717) is 10.6 Å². The molecule has 1 aliphatic heterocycles. The number of aliphatic hydroxyl groups is 1. The number of ether oxygens (including phenoxy) is 1. The first-order valence-electron chi connectivity index (χ1n) is 6.12. The second-order valence-electron chi connectivity index (χ2n) is 5.38. The van der Waals surface area contributed by atoms with Crippen molar-refractivity contribution in [3.8, 4) is 0 Å². The van der Waals surface area contributed by atoms with E-state index in [0.717, 1.165) is 16.8 Å². The van der Waals surface area contributed by atoms with E-state index in [1.807, 2.05) is 20.8 Å². The third kappa shape index (κ3) is 2.14. The Kier molecular flexibility index (Phi) is 3.60. The van der Waals surface area contributed by atoms with Crippen molar-refractivity contribution in [3.63, 3.8) is 0 Å². The minimum Gasteiger partial charge on any atom is -0.386 e. The van der Waals surface area contributed by atoms with Crippen LogP contribution < -0.4 is 5.32 Å². The van der Waals surface area contributed by atoms with E-state index in [9.17, 15) is 9.90 Å². The summed E-state index contributed by atoms with van der Waals surface area (Å²) in [4.78, 5) is 12.0. The van der Waals surface area contributed by atoms with Crippen LogP contribution in [0.1, 0.15) is 36.6 Å². The van der Waals surface area contributed by atoms with E-state index in [1.54, 1.807) is 6.07 Å². The van der Waals surface area contributed by atoms with Crippen LogP contribution in [-0.4, -0.2) is 24.7 Å². The summed E-state index contributed by atoms with van der Waals surface area (Å²) < 4.78 is 4.95. The second kappa shape index (κ2) is 4.78. The lowest BCUT2D eigenvalue weighted by molar-refractivity contribution is -0.119. The maximum absolute atomic E-state index is 12.0. The average Bonchev–Trinajstić information content (AvgIpc) is 2.56. The highest BCUT2D eigenvalue weighted by Crippen LogP contribution is 2.44. The van der Waals surface area contributed by atoms with Gasteiger partial charge in [-0.1, -0.05) is 11.6 Å². The van der Waals surface area contributed by atoms with Gasteiger partial charge in [0.05, 0.1) is 17.0 Å². The SMILES string of the molecule is COCC(O)c1cc2c(c(C)c1Cl)NC(=O)C2(C)C. The van der Waals surface area contributed by atoms with E-state index in [-0.39, 0.29) is 12.5 Å². The van der Waals surface area contributed by atoms with E-state index in [2.05, 4.69) is 5.32 Å². The number of benzene rings is 1. The van der Waals surface area contributed by atoms with Crippen molar-refractivity contribution in [1.29, 1.82) is 0 Å². The van der Waals surface area contributed by atoms with Crippen molar-refractivity contribution in [2.45, 2.75) is 32.3 Å². The van der Waals surface area contributed by atoms with Gasteiger partial charge in [0.25, 0.3) is 0 Å². The number of aliphatic hydroxyl groups excluding tert-OH is 1. The molecule has 1 aromatic carbocycles. The zero-order chi connectivity index (χ0) is 14.4. The molecule has 104 valence electrons. The fraction of sp³-hybridized carbons (Fsp3) is 0.500. The summed E-state index contributed by atoms with van der Waals surface area (Å²) in [5.74, 6) is -0.0555. The molecular formula is C14H18ClNO3. The van der Waals surface area contributed by atoms with Gasteiger partial charge in [0.2, 0.25) is 5.91 Å². The van der Waals surface area contributed by atoms with Crippen LogP contribution in [0, 0.1) is 6.92 Å². The fourth-order valence-electron chi connectivity index (χ4n) is 2.36. The van der Waals surface area contributed by atoms with Gasteiger partial charge in [-0.05, 0) is 38.0 Å². The van der Waals surface area contributed by atoms with E-state index >= 15 is 0 Å². The lowest BCUT2D eigenvalue weighted by Gasteiger charge is -2.20. The number of hydrogen-bond donors (Lipinski definition) is 2. The molecule has 19 heavy (non-hydrogen) atoms. The summed E-state index contributed by atoms with van der Waals surface area (Å²) in [7, 11) is 1.52. The van der Waals surface area contributed by atoms with Gasteiger partial charge >= 0.3 is 0 Å². The van der Waals surface area contributed by atoms with Crippen LogP contribution in [0.3, 0.4) is 0 Å². The van der Waals surface area contributed by atoms with E-state index in [1.165, 1.54) is 7.11 Å². The fourth-order valence-corrected chi connectivity index (χ4v) is 2.63. The molecule has 0 bridgehead atoms. The molecule has 0 fully saturated rings. The molecule has 0 aromatic heterocycles. The summed E-state index contributed by atoms with van der Waals surface area (Å²) in [6, 6.07) is 1.80. The van der Waals surface area contributed by atoms with Gasteiger partial charge in [-0.3, -0.25) is 4.79 Å². The first-order chi connectivity index (χ1) is 8.80. The number of methoxy groups -OCH3 is 1. The standard InChI is InChI=1S/C14H18ClNO3/c1-7-11(15)8(10(17)6-19-4)5-9-12(7)16-13(18)14(9,2)3/h5,10,17H,6H2,1-4H3,(H,16,18). The van der Waals surface area contributed by atoms with Gasteiger partial charge in [0, 0.05) is 18.4 Å². The van der Waals surface area contributed by atoms with Crippen LogP contribution in [-0.2, 0) is 14.9 Å². The van der Waals surface area contributed by atoms with Crippen LogP contribution >= 0.6 is 11.6 Å². The number of fused-ring (bicyclic) bond motifs is 1. The number of rotatable bonds is 3. The third-order valence-electron chi connectivity index (χ3n) is 3.69. The van der Waals surface area contributed by atoms with E-state index < -0.39 is 11.5 Å². The smallest absolute Gasteiger partial charge is 0.234 e. The zero-order valence-corrected chi connectivity index (χ0v) is 12.3. The molecule has 1 aliphatic rings. The molecule has 2 N–H and O–H groups in total. The Morgan fingerprint density at radius 1 is 1.53 bits per heavy atom. The highest BCUT2D eigenvalue weighted by atomic mass is 35.5. The highest BCUT2D eigenvalue weighted by Gasteiger charge is 2.40. The van der Waals surface area contributed by atoms with Crippen molar-refractivity contribution in [3.05, 3.63) is 27.8 Å². The molecule has 0 aliphatic carbocycles. The maximum atomic E-state index is 12.0. The second-order valence-corrected chi connectivity index (χ2v) is 5.76. The molecule has 5 heteroatoms. The van der Waals surface area contributed by atoms with Crippen molar-refractivity contribution < 1.29 is 14.6 Å². The van der Waals surface area contributed by atoms with Gasteiger partial charge < -0.3 is 15.2 Å². The minimum absolute atomic E-state index is 0.0555. The third-order valence-corrected chi connectivity index (χ3v) is 4.19. The largest absolute Gasteiger partial charge is 0.386 e. The zero-order valence-electron chi connectivity index (χ0n) is 11.5. The maximum Gasteiger partial charge on any atom is 0.234 e. The Morgan fingerprint density at radius 2 is 2.16 bits per heavy atom. The average molecular weight is 284 g/mol. The number of amides is 1. The predicted molar refractivity (Wildman–Crippen MR) is 74.7 cm³/mol. The van der Waals surface area contributed by atoms with Crippen LogP contribution in [0.2, 0.25) is 5.02 Å². The summed E-state index contributed by atoms with van der Waals surface area (Å²) in [6.45, 7) is 5.72. The molecule has 0 radical (unpaired) electrons. The van der Waals surface area contributed by atoms with Gasteiger partial charge in [-0.2, -0.15) is 0 Å². The quantitative estimate of drug-likeness (QED) is 0.896. The van der Waals surface area contributed by atoms with Gasteiger partial charge in [0.1, 0.15) is 6.10 Å². The monoisotopic (exact) mass is 283 g/mol. The van der Waals surface area contributed by atoms with Crippen LogP contribution in [0.4, 0.5) is 5.69 Å². The summed E-state index contributed by atoms with van der Waals surface area (Å²) in [5.41, 5.74) is 2.39.